The zero-order chi connectivity index (χ0) is 24.5. The number of carboxylic acids is 1. The Labute approximate surface area is 208 Å². The number of benzene rings is 2. The Balaban J connectivity index is 1.70. The van der Waals surface area contributed by atoms with Gasteiger partial charge in [0.05, 0.1) is 17.5 Å². The molecule has 0 unspecified atom stereocenters. The summed E-state index contributed by atoms with van der Waals surface area (Å²) in [4.78, 5) is 40.2. The number of halogens is 1. The van der Waals surface area contributed by atoms with E-state index >= 15 is 0 Å². The lowest BCUT2D eigenvalue weighted by Crippen LogP contribution is -2.29. The molecule has 0 fully saturated rings. The molecular formula is C26H19BrN3O5-. The van der Waals surface area contributed by atoms with Crippen LogP contribution in [-0.2, 0) is 9.59 Å². The molecule has 0 saturated heterocycles. The molecule has 9 heteroatoms. The van der Waals surface area contributed by atoms with Gasteiger partial charge in [-0.2, -0.15) is 5.10 Å². The van der Waals surface area contributed by atoms with Gasteiger partial charge in [0.1, 0.15) is 11.8 Å². The number of nitrogens with zero attached hydrogens (tertiary/aromatic N) is 2. The molecule has 1 aliphatic heterocycles. The third kappa shape index (κ3) is 4.42. The Morgan fingerprint density at radius 1 is 1.09 bits per heavy atom. The third-order valence-electron chi connectivity index (χ3n) is 5.91. The van der Waals surface area contributed by atoms with Gasteiger partial charge in [-0.3, -0.25) is 9.59 Å². The van der Waals surface area contributed by atoms with Gasteiger partial charge in [-0.1, -0.05) is 46.3 Å². The fraction of sp³-hybridized carbons (Fsp3) is 0.154. The Morgan fingerprint density at radius 3 is 2.60 bits per heavy atom. The van der Waals surface area contributed by atoms with E-state index in [1.54, 1.807) is 12.1 Å². The van der Waals surface area contributed by atoms with Crippen LogP contribution in [0.1, 0.15) is 36.6 Å². The van der Waals surface area contributed by atoms with Crippen molar-refractivity contribution in [2.75, 3.05) is 0 Å². The first-order valence-corrected chi connectivity index (χ1v) is 11.8. The summed E-state index contributed by atoms with van der Waals surface area (Å²) in [5.41, 5.74) is 2.63. The number of carbonyl (C=O) groups is 2. The lowest BCUT2D eigenvalue weighted by atomic mass is 9.92. The van der Waals surface area contributed by atoms with Gasteiger partial charge in [-0.15, -0.1) is 0 Å². The minimum Gasteiger partial charge on any atom is -0.550 e. The van der Waals surface area contributed by atoms with Crippen LogP contribution in [0.15, 0.2) is 85.7 Å². The molecule has 1 aliphatic rings. The number of hydrazone groups is 1. The van der Waals surface area contributed by atoms with Crippen molar-refractivity contribution in [3.05, 3.63) is 93.1 Å². The molecule has 35 heavy (non-hydrogen) atoms. The van der Waals surface area contributed by atoms with E-state index in [4.69, 9.17) is 4.42 Å². The SMILES string of the molecule is O=C([O-])CCC(=O)N1N=C(c2c(-c3ccccc3)c3cc(Br)ccc3[nH]c2=O)C[C@@H]1c1ccco1. The van der Waals surface area contributed by atoms with Crippen molar-refractivity contribution in [1.29, 1.82) is 0 Å². The van der Waals surface area contributed by atoms with Crippen LogP contribution in [-0.4, -0.2) is 27.6 Å². The van der Waals surface area contributed by atoms with E-state index in [2.05, 4.69) is 26.0 Å². The lowest BCUT2D eigenvalue weighted by Gasteiger charge is -2.19. The van der Waals surface area contributed by atoms with Gasteiger partial charge in [0.15, 0.2) is 0 Å². The van der Waals surface area contributed by atoms with E-state index in [0.29, 0.717) is 28.1 Å². The van der Waals surface area contributed by atoms with E-state index in [0.717, 1.165) is 15.4 Å². The largest absolute Gasteiger partial charge is 0.550 e. The van der Waals surface area contributed by atoms with Crippen molar-refractivity contribution in [2.24, 2.45) is 5.10 Å². The van der Waals surface area contributed by atoms with Crippen LogP contribution >= 0.6 is 15.9 Å². The van der Waals surface area contributed by atoms with Crippen LogP contribution in [0, 0.1) is 0 Å². The average Bonchev–Trinajstić information content (AvgIpc) is 3.53. The highest BCUT2D eigenvalue weighted by molar-refractivity contribution is 9.10. The third-order valence-corrected chi connectivity index (χ3v) is 6.40. The molecule has 0 saturated carbocycles. The van der Waals surface area contributed by atoms with Gasteiger partial charge in [0.2, 0.25) is 5.91 Å². The number of carboxylic acid groups (broad SMARTS) is 1. The lowest BCUT2D eigenvalue weighted by molar-refractivity contribution is -0.305. The number of amides is 1. The van der Waals surface area contributed by atoms with Crippen molar-refractivity contribution in [3.63, 3.8) is 0 Å². The number of rotatable bonds is 6. The predicted octanol–water partition coefficient (Wildman–Crippen LogP) is 3.76. The molecule has 1 atom stereocenters. The van der Waals surface area contributed by atoms with E-state index in [9.17, 15) is 19.5 Å². The van der Waals surface area contributed by atoms with Crippen molar-refractivity contribution < 1.29 is 19.1 Å². The number of pyridine rings is 1. The molecule has 1 amide bonds. The molecule has 3 heterocycles. The second-order valence-corrected chi connectivity index (χ2v) is 9.07. The summed E-state index contributed by atoms with van der Waals surface area (Å²) in [5, 5.41) is 17.5. The van der Waals surface area contributed by atoms with Gasteiger partial charge in [0.25, 0.3) is 5.56 Å². The normalized spacial score (nSPS) is 15.4. The smallest absolute Gasteiger partial charge is 0.258 e. The molecule has 1 N–H and O–H groups in total. The summed E-state index contributed by atoms with van der Waals surface area (Å²) in [6.45, 7) is 0. The number of fused-ring (bicyclic) bond motifs is 1. The van der Waals surface area contributed by atoms with Crippen LogP contribution in [0.2, 0.25) is 0 Å². The molecule has 0 aliphatic carbocycles. The summed E-state index contributed by atoms with van der Waals surface area (Å²) < 4.78 is 6.40. The average molecular weight is 533 g/mol. The summed E-state index contributed by atoms with van der Waals surface area (Å²) in [5.74, 6) is -1.32. The first kappa shape index (κ1) is 22.8. The van der Waals surface area contributed by atoms with Crippen molar-refractivity contribution in [3.8, 4) is 11.1 Å². The molecule has 2 aromatic heterocycles. The Bertz CT molecular complexity index is 1510. The highest BCUT2D eigenvalue weighted by atomic mass is 79.9. The highest BCUT2D eigenvalue weighted by Crippen LogP contribution is 2.37. The number of aromatic nitrogens is 1. The second kappa shape index (κ2) is 9.34. The molecule has 4 aromatic rings. The molecule has 2 aromatic carbocycles. The Kier molecular flexibility index (Phi) is 6.08. The molecule has 5 rings (SSSR count). The van der Waals surface area contributed by atoms with Gasteiger partial charge < -0.3 is 19.3 Å². The minimum absolute atomic E-state index is 0.229. The first-order valence-electron chi connectivity index (χ1n) is 11.0. The van der Waals surface area contributed by atoms with Gasteiger partial charge in [0, 0.05) is 39.8 Å². The first-order chi connectivity index (χ1) is 16.9. The van der Waals surface area contributed by atoms with E-state index in [-0.39, 0.29) is 18.4 Å². The molecule has 0 bridgehead atoms. The van der Waals surface area contributed by atoms with Crippen LogP contribution in [0.5, 0.6) is 0 Å². The number of hydrogen-bond acceptors (Lipinski definition) is 6. The minimum atomic E-state index is -1.32. The number of aromatic amines is 1. The van der Waals surface area contributed by atoms with Crippen LogP contribution in [0.4, 0.5) is 0 Å². The maximum atomic E-state index is 13.4. The molecular weight excluding hydrogens is 514 g/mol. The van der Waals surface area contributed by atoms with Crippen LogP contribution < -0.4 is 10.7 Å². The van der Waals surface area contributed by atoms with E-state index in [1.807, 2.05) is 48.5 Å². The highest BCUT2D eigenvalue weighted by Gasteiger charge is 2.36. The molecule has 0 spiro atoms. The predicted molar refractivity (Wildman–Crippen MR) is 131 cm³/mol. The van der Waals surface area contributed by atoms with Gasteiger partial charge in [-0.05, 0) is 42.3 Å². The zero-order valence-corrected chi connectivity index (χ0v) is 19.9. The number of aliphatic carboxylic acids is 1. The topological polar surface area (TPSA) is 119 Å². The summed E-state index contributed by atoms with van der Waals surface area (Å²) in [6, 6.07) is 17.9. The number of hydrogen-bond donors (Lipinski definition) is 1. The molecule has 176 valence electrons. The quantitative estimate of drug-likeness (QED) is 0.405. The monoisotopic (exact) mass is 532 g/mol. The Hall–Kier alpha value is -3.98. The van der Waals surface area contributed by atoms with Crippen LogP contribution in [0.3, 0.4) is 0 Å². The van der Waals surface area contributed by atoms with Gasteiger partial charge >= 0.3 is 0 Å². The maximum absolute atomic E-state index is 13.4. The second-order valence-electron chi connectivity index (χ2n) is 8.15. The summed E-state index contributed by atoms with van der Waals surface area (Å²) in [6.07, 6.45) is 1.02. The van der Waals surface area contributed by atoms with Gasteiger partial charge in [-0.25, -0.2) is 5.01 Å². The van der Waals surface area contributed by atoms with E-state index in [1.165, 1.54) is 11.3 Å². The molecule has 0 radical (unpaired) electrons. The number of nitrogens with one attached hydrogen (secondary N) is 1. The Morgan fingerprint density at radius 2 is 1.89 bits per heavy atom. The number of furan rings is 1. The fourth-order valence-corrected chi connectivity index (χ4v) is 4.72. The fourth-order valence-electron chi connectivity index (χ4n) is 4.36. The van der Waals surface area contributed by atoms with E-state index < -0.39 is 24.3 Å². The van der Waals surface area contributed by atoms with Crippen LogP contribution in [0.25, 0.3) is 22.0 Å². The molecule has 8 nitrogen and oxygen atoms in total. The summed E-state index contributed by atoms with van der Waals surface area (Å²) in [7, 11) is 0. The standard InChI is InChI=1S/C26H20BrN3O5/c27-16-8-9-18-17(13-16)24(15-5-2-1-3-6-15)25(26(34)28-18)19-14-20(21-7-4-12-35-21)30(29-19)22(31)10-11-23(32)33/h1-9,12-13,20H,10-11,14H2,(H,28,34)(H,32,33)/p-1/t20-/m1/s1. The van der Waals surface area contributed by atoms with Crippen molar-refractivity contribution >= 4 is 44.4 Å². The van der Waals surface area contributed by atoms with Crippen molar-refractivity contribution in [2.45, 2.75) is 25.3 Å². The van der Waals surface area contributed by atoms with Crippen molar-refractivity contribution in [1.82, 2.24) is 9.99 Å². The zero-order valence-electron chi connectivity index (χ0n) is 18.4. The number of carbonyl (C=O) groups excluding carboxylic acids is 2. The summed E-state index contributed by atoms with van der Waals surface area (Å²) >= 11 is 3.52. The number of H-pyrrole nitrogens is 1. The maximum Gasteiger partial charge on any atom is 0.258 e.